The molecule has 0 amide bonds. The summed E-state index contributed by atoms with van der Waals surface area (Å²) in [5, 5.41) is 19.7. The van der Waals surface area contributed by atoms with Crippen molar-refractivity contribution in [3.8, 4) is 5.75 Å². The van der Waals surface area contributed by atoms with E-state index in [1.165, 1.54) is 14.1 Å². The second-order valence-corrected chi connectivity index (χ2v) is 5.09. The summed E-state index contributed by atoms with van der Waals surface area (Å²) in [6, 6.07) is 0.806. The zero-order valence-electron chi connectivity index (χ0n) is 8.98. The first-order valence-electron chi connectivity index (χ1n) is 4.27. The molecule has 0 fully saturated rings. The largest absolute Gasteiger partial charge is 0.504 e. The van der Waals surface area contributed by atoms with Crippen LogP contribution in [0.4, 0.5) is 11.5 Å². The summed E-state index contributed by atoms with van der Waals surface area (Å²) < 4.78 is 25.6. The van der Waals surface area contributed by atoms with E-state index in [2.05, 4.69) is 4.98 Å². The van der Waals surface area contributed by atoms with Crippen LogP contribution in [0.15, 0.2) is 12.3 Å². The molecule has 0 saturated heterocycles. The van der Waals surface area contributed by atoms with E-state index in [0.717, 1.165) is 16.6 Å². The third-order valence-corrected chi connectivity index (χ3v) is 3.18. The van der Waals surface area contributed by atoms with Gasteiger partial charge in [0.05, 0.1) is 11.0 Å². The van der Waals surface area contributed by atoms with Crippen LogP contribution >= 0.6 is 0 Å². The van der Waals surface area contributed by atoms with Crippen molar-refractivity contribution in [2.45, 2.75) is 0 Å². The van der Waals surface area contributed by atoms with Crippen molar-refractivity contribution in [2.24, 2.45) is 0 Å². The molecule has 0 aromatic carbocycles. The SMILES string of the molecule is CN(C)S(=O)(=O)Nc1ncc([N+](=O)[O-])cc1O. The Morgan fingerprint density at radius 1 is 1.53 bits per heavy atom. The highest BCUT2D eigenvalue weighted by Gasteiger charge is 2.18. The summed E-state index contributed by atoms with van der Waals surface area (Å²) in [5.41, 5.74) is -0.435. The van der Waals surface area contributed by atoms with Crippen LogP contribution in [0, 0.1) is 10.1 Å². The molecular formula is C7H10N4O5S. The fourth-order valence-electron chi connectivity index (χ4n) is 0.834. The van der Waals surface area contributed by atoms with Crippen LogP contribution in [0.1, 0.15) is 0 Å². The van der Waals surface area contributed by atoms with Crippen molar-refractivity contribution in [3.05, 3.63) is 22.4 Å². The van der Waals surface area contributed by atoms with E-state index < -0.39 is 26.6 Å². The van der Waals surface area contributed by atoms with Crippen LogP contribution < -0.4 is 4.72 Å². The first-order valence-corrected chi connectivity index (χ1v) is 5.71. The maximum Gasteiger partial charge on any atom is 0.302 e. The minimum absolute atomic E-state index is 0.371. The van der Waals surface area contributed by atoms with Gasteiger partial charge < -0.3 is 5.11 Å². The molecule has 0 unspecified atom stereocenters. The van der Waals surface area contributed by atoms with Crippen LogP contribution in [-0.2, 0) is 10.2 Å². The summed E-state index contributed by atoms with van der Waals surface area (Å²) in [6.45, 7) is 0. The molecule has 0 aliphatic carbocycles. The number of hydrogen-bond donors (Lipinski definition) is 2. The second kappa shape index (κ2) is 4.51. The third-order valence-electron chi connectivity index (χ3n) is 1.77. The molecule has 0 aliphatic rings. The van der Waals surface area contributed by atoms with Crippen LogP contribution in [-0.4, -0.2) is 41.8 Å². The summed E-state index contributed by atoms with van der Waals surface area (Å²) in [5.74, 6) is -0.992. The standard InChI is InChI=1S/C7H10N4O5S/c1-10(2)17(15,16)9-7-6(12)3-5(4-8-7)11(13)14/h3-4,12H,1-2H3,(H,8,9). The number of anilines is 1. The summed E-state index contributed by atoms with van der Waals surface area (Å²) in [4.78, 5) is 13.1. The molecule has 0 saturated carbocycles. The average Bonchev–Trinajstić information content (AvgIpc) is 2.20. The van der Waals surface area contributed by atoms with Gasteiger partial charge in [-0.05, 0) is 0 Å². The molecule has 0 bridgehead atoms. The number of hydrogen-bond acceptors (Lipinski definition) is 6. The molecule has 1 rings (SSSR count). The molecule has 1 aromatic rings. The summed E-state index contributed by atoms with van der Waals surface area (Å²) in [6.07, 6.45) is 0.841. The smallest absolute Gasteiger partial charge is 0.302 e. The van der Waals surface area contributed by atoms with E-state index in [4.69, 9.17) is 0 Å². The highest BCUT2D eigenvalue weighted by molar-refractivity contribution is 7.90. The Labute approximate surface area is 97.0 Å². The molecule has 9 nitrogen and oxygen atoms in total. The van der Waals surface area contributed by atoms with Crippen molar-refractivity contribution in [1.82, 2.24) is 9.29 Å². The van der Waals surface area contributed by atoms with E-state index >= 15 is 0 Å². The number of pyridine rings is 1. The quantitative estimate of drug-likeness (QED) is 0.577. The molecule has 0 aliphatic heterocycles. The van der Waals surface area contributed by atoms with Gasteiger partial charge in [-0.2, -0.15) is 12.7 Å². The number of aromatic nitrogens is 1. The van der Waals surface area contributed by atoms with Gasteiger partial charge >= 0.3 is 10.2 Å². The molecule has 1 heterocycles. The molecule has 94 valence electrons. The van der Waals surface area contributed by atoms with E-state index in [-0.39, 0.29) is 5.82 Å². The van der Waals surface area contributed by atoms with E-state index in [1.54, 1.807) is 0 Å². The highest BCUT2D eigenvalue weighted by Crippen LogP contribution is 2.25. The Morgan fingerprint density at radius 3 is 2.53 bits per heavy atom. The van der Waals surface area contributed by atoms with Gasteiger partial charge in [0, 0.05) is 14.1 Å². The van der Waals surface area contributed by atoms with Gasteiger partial charge in [-0.25, -0.2) is 4.98 Å². The Morgan fingerprint density at radius 2 is 2.12 bits per heavy atom. The fraction of sp³-hybridized carbons (Fsp3) is 0.286. The minimum atomic E-state index is -3.82. The molecular weight excluding hydrogens is 252 g/mol. The molecule has 1 aromatic heterocycles. The molecule has 0 spiro atoms. The lowest BCUT2D eigenvalue weighted by Gasteiger charge is -2.12. The number of nitrogens with one attached hydrogen (secondary N) is 1. The Balaban J connectivity index is 3.06. The number of rotatable bonds is 4. The lowest BCUT2D eigenvalue weighted by molar-refractivity contribution is -0.385. The van der Waals surface area contributed by atoms with Crippen molar-refractivity contribution in [3.63, 3.8) is 0 Å². The van der Waals surface area contributed by atoms with Crippen LogP contribution in [0.5, 0.6) is 5.75 Å². The molecule has 0 atom stereocenters. The van der Waals surface area contributed by atoms with Gasteiger partial charge in [-0.15, -0.1) is 0 Å². The van der Waals surface area contributed by atoms with Gasteiger partial charge in [-0.1, -0.05) is 0 Å². The lowest BCUT2D eigenvalue weighted by atomic mass is 10.4. The Bertz CT molecular complexity index is 541. The topological polar surface area (TPSA) is 126 Å². The predicted molar refractivity (Wildman–Crippen MR) is 58.8 cm³/mol. The minimum Gasteiger partial charge on any atom is -0.504 e. The lowest BCUT2D eigenvalue weighted by Crippen LogP contribution is -2.29. The first kappa shape index (κ1) is 13.1. The fourth-order valence-corrected chi connectivity index (χ4v) is 1.42. The third kappa shape index (κ3) is 3.01. The average molecular weight is 262 g/mol. The molecule has 0 radical (unpaired) electrons. The van der Waals surface area contributed by atoms with Crippen molar-refractivity contribution in [2.75, 3.05) is 18.8 Å². The maximum absolute atomic E-state index is 11.4. The molecule has 17 heavy (non-hydrogen) atoms. The predicted octanol–water partition coefficient (Wildman–Crippen LogP) is -0.0863. The van der Waals surface area contributed by atoms with E-state index in [9.17, 15) is 23.6 Å². The van der Waals surface area contributed by atoms with Crippen LogP contribution in [0.25, 0.3) is 0 Å². The second-order valence-electron chi connectivity index (χ2n) is 3.21. The maximum atomic E-state index is 11.4. The van der Waals surface area contributed by atoms with Gasteiger partial charge in [0.2, 0.25) is 0 Å². The van der Waals surface area contributed by atoms with Gasteiger partial charge in [0.1, 0.15) is 6.20 Å². The number of nitrogens with zero attached hydrogens (tertiary/aromatic N) is 3. The monoisotopic (exact) mass is 262 g/mol. The Kier molecular flexibility index (Phi) is 3.48. The van der Waals surface area contributed by atoms with Crippen molar-refractivity contribution in [1.29, 1.82) is 0 Å². The van der Waals surface area contributed by atoms with E-state index in [1.807, 2.05) is 4.72 Å². The zero-order chi connectivity index (χ0) is 13.2. The highest BCUT2D eigenvalue weighted by atomic mass is 32.2. The molecule has 10 heteroatoms. The summed E-state index contributed by atoms with van der Waals surface area (Å²) >= 11 is 0. The normalized spacial score (nSPS) is 11.5. The first-order chi connectivity index (χ1) is 7.74. The van der Waals surface area contributed by atoms with Gasteiger partial charge in [0.25, 0.3) is 5.69 Å². The summed E-state index contributed by atoms with van der Waals surface area (Å²) in [7, 11) is -1.25. The van der Waals surface area contributed by atoms with Gasteiger partial charge in [0.15, 0.2) is 11.6 Å². The number of nitro groups is 1. The van der Waals surface area contributed by atoms with Gasteiger partial charge in [-0.3, -0.25) is 14.8 Å². The molecule has 2 N–H and O–H groups in total. The van der Waals surface area contributed by atoms with Crippen LogP contribution in [0.2, 0.25) is 0 Å². The van der Waals surface area contributed by atoms with Crippen LogP contribution in [0.3, 0.4) is 0 Å². The number of aromatic hydroxyl groups is 1. The Hall–Kier alpha value is -1.94. The van der Waals surface area contributed by atoms with Crippen molar-refractivity contribution >= 4 is 21.7 Å². The van der Waals surface area contributed by atoms with E-state index in [0.29, 0.717) is 0 Å². The van der Waals surface area contributed by atoms with Crippen molar-refractivity contribution < 1.29 is 18.4 Å². The zero-order valence-corrected chi connectivity index (χ0v) is 9.80.